The Morgan fingerprint density at radius 2 is 2.11 bits per heavy atom. The van der Waals surface area contributed by atoms with Gasteiger partial charge in [-0.15, -0.1) is 12.4 Å². The lowest BCUT2D eigenvalue weighted by Crippen LogP contribution is -1.91. The zero-order chi connectivity index (χ0) is 11.8. The predicted octanol–water partition coefficient (Wildman–Crippen LogP) is 2.03. The maximum absolute atomic E-state index is 8.90. The van der Waals surface area contributed by atoms with Gasteiger partial charge in [0.05, 0.1) is 23.0 Å². The third kappa shape index (κ3) is 1.83. The van der Waals surface area contributed by atoms with Crippen molar-refractivity contribution in [1.82, 2.24) is 19.4 Å². The highest BCUT2D eigenvalue weighted by Gasteiger charge is 2.06. The first-order chi connectivity index (χ1) is 8.28. The standard InChI is InChI=1S/C12H9N5.ClH/c1-16-5-4-11(15-16)9-2-3-12-10(6-13)7-14-17(12)8-9;/h2-5,7-8H,1H3;1H. The molecule has 0 aliphatic carbocycles. The Kier molecular flexibility index (Phi) is 3.04. The van der Waals surface area contributed by atoms with E-state index in [0.717, 1.165) is 16.8 Å². The van der Waals surface area contributed by atoms with E-state index in [1.807, 2.05) is 37.6 Å². The lowest BCUT2D eigenvalue weighted by atomic mass is 10.2. The van der Waals surface area contributed by atoms with Gasteiger partial charge in [-0.25, -0.2) is 4.52 Å². The molecule has 0 spiro atoms. The monoisotopic (exact) mass is 259 g/mol. The van der Waals surface area contributed by atoms with E-state index in [4.69, 9.17) is 5.26 Å². The summed E-state index contributed by atoms with van der Waals surface area (Å²) in [5.74, 6) is 0. The number of halogens is 1. The lowest BCUT2D eigenvalue weighted by molar-refractivity contribution is 0.770. The molecular formula is C12H10ClN5. The van der Waals surface area contributed by atoms with Crippen molar-refractivity contribution in [2.24, 2.45) is 7.05 Å². The fourth-order valence-electron chi connectivity index (χ4n) is 1.79. The van der Waals surface area contributed by atoms with Gasteiger partial charge in [0, 0.05) is 25.0 Å². The normalized spacial score (nSPS) is 10.0. The number of hydrogen-bond acceptors (Lipinski definition) is 3. The molecule has 0 fully saturated rings. The van der Waals surface area contributed by atoms with Gasteiger partial charge < -0.3 is 0 Å². The van der Waals surface area contributed by atoms with Crippen molar-refractivity contribution in [3.8, 4) is 17.3 Å². The quantitative estimate of drug-likeness (QED) is 0.672. The van der Waals surface area contributed by atoms with Gasteiger partial charge in [-0.2, -0.15) is 15.5 Å². The SMILES string of the molecule is Cl.Cn1ccc(-c2ccc3c(C#N)cnn3c2)n1. The van der Waals surface area contributed by atoms with Crippen molar-refractivity contribution < 1.29 is 0 Å². The topological polar surface area (TPSA) is 58.9 Å². The van der Waals surface area contributed by atoms with Crippen molar-refractivity contribution in [3.63, 3.8) is 0 Å². The van der Waals surface area contributed by atoms with Gasteiger partial charge in [-0.1, -0.05) is 0 Å². The number of hydrogen-bond donors (Lipinski definition) is 0. The Morgan fingerprint density at radius 3 is 2.78 bits per heavy atom. The smallest absolute Gasteiger partial charge is 0.103 e. The van der Waals surface area contributed by atoms with E-state index in [2.05, 4.69) is 16.3 Å². The molecule has 18 heavy (non-hydrogen) atoms. The van der Waals surface area contributed by atoms with Gasteiger partial charge in [0.25, 0.3) is 0 Å². The van der Waals surface area contributed by atoms with Gasteiger partial charge in [0.1, 0.15) is 6.07 Å². The van der Waals surface area contributed by atoms with E-state index in [-0.39, 0.29) is 12.4 Å². The van der Waals surface area contributed by atoms with E-state index in [9.17, 15) is 0 Å². The summed E-state index contributed by atoms with van der Waals surface area (Å²) >= 11 is 0. The largest absolute Gasteiger partial charge is 0.275 e. The average Bonchev–Trinajstić information content (AvgIpc) is 2.94. The maximum Gasteiger partial charge on any atom is 0.103 e. The summed E-state index contributed by atoms with van der Waals surface area (Å²) in [6.07, 6.45) is 5.33. The number of pyridine rings is 1. The van der Waals surface area contributed by atoms with E-state index >= 15 is 0 Å². The van der Waals surface area contributed by atoms with Crippen LogP contribution in [0.5, 0.6) is 0 Å². The summed E-state index contributed by atoms with van der Waals surface area (Å²) in [5.41, 5.74) is 3.26. The van der Waals surface area contributed by atoms with Crippen LogP contribution >= 0.6 is 12.4 Å². The molecule has 0 radical (unpaired) electrons. The highest BCUT2D eigenvalue weighted by atomic mass is 35.5. The minimum absolute atomic E-state index is 0. The molecule has 6 heteroatoms. The zero-order valence-electron chi connectivity index (χ0n) is 9.61. The maximum atomic E-state index is 8.90. The molecule has 0 atom stereocenters. The van der Waals surface area contributed by atoms with Crippen LogP contribution in [0.3, 0.4) is 0 Å². The molecule has 0 unspecified atom stereocenters. The molecule has 3 aromatic rings. The summed E-state index contributed by atoms with van der Waals surface area (Å²) in [6.45, 7) is 0. The summed E-state index contributed by atoms with van der Waals surface area (Å²) in [4.78, 5) is 0. The fourth-order valence-corrected chi connectivity index (χ4v) is 1.79. The van der Waals surface area contributed by atoms with Crippen LogP contribution in [0.15, 0.2) is 36.8 Å². The zero-order valence-corrected chi connectivity index (χ0v) is 10.4. The predicted molar refractivity (Wildman–Crippen MR) is 69.4 cm³/mol. The van der Waals surface area contributed by atoms with Crippen LogP contribution in [0, 0.1) is 11.3 Å². The molecule has 0 saturated carbocycles. The average molecular weight is 260 g/mol. The molecule has 3 rings (SSSR count). The molecule has 0 aliphatic heterocycles. The highest BCUT2D eigenvalue weighted by molar-refractivity contribution is 5.85. The van der Waals surface area contributed by atoms with Gasteiger partial charge >= 0.3 is 0 Å². The second kappa shape index (κ2) is 4.51. The molecule has 5 nitrogen and oxygen atoms in total. The number of fused-ring (bicyclic) bond motifs is 1. The fraction of sp³-hybridized carbons (Fsp3) is 0.0833. The van der Waals surface area contributed by atoms with Crippen LogP contribution in [0.1, 0.15) is 5.56 Å². The van der Waals surface area contributed by atoms with E-state index < -0.39 is 0 Å². The molecule has 0 bridgehead atoms. The number of rotatable bonds is 1. The molecule has 0 saturated heterocycles. The van der Waals surface area contributed by atoms with Crippen molar-refractivity contribution in [2.75, 3.05) is 0 Å². The van der Waals surface area contributed by atoms with Gasteiger partial charge in [-0.05, 0) is 18.2 Å². The van der Waals surface area contributed by atoms with Crippen LogP contribution in [-0.4, -0.2) is 19.4 Å². The second-order valence-electron chi connectivity index (χ2n) is 3.79. The molecule has 3 aromatic heterocycles. The molecule has 0 aliphatic rings. The molecule has 90 valence electrons. The number of aryl methyl sites for hydroxylation is 1. The van der Waals surface area contributed by atoms with E-state index in [0.29, 0.717) is 5.56 Å². The Hall–Kier alpha value is -2.32. The minimum Gasteiger partial charge on any atom is -0.275 e. The Morgan fingerprint density at radius 1 is 1.28 bits per heavy atom. The van der Waals surface area contributed by atoms with Gasteiger partial charge in [-0.3, -0.25) is 4.68 Å². The number of nitrogens with zero attached hydrogens (tertiary/aromatic N) is 5. The number of nitriles is 1. The van der Waals surface area contributed by atoms with Crippen LogP contribution in [0.4, 0.5) is 0 Å². The summed E-state index contributed by atoms with van der Waals surface area (Å²) in [5, 5.41) is 17.4. The molecule has 0 aromatic carbocycles. The van der Waals surface area contributed by atoms with Crippen molar-refractivity contribution in [2.45, 2.75) is 0 Å². The molecule has 0 amide bonds. The van der Waals surface area contributed by atoms with Crippen LogP contribution < -0.4 is 0 Å². The van der Waals surface area contributed by atoms with Crippen molar-refractivity contribution in [1.29, 1.82) is 5.26 Å². The third-order valence-electron chi connectivity index (χ3n) is 2.65. The first kappa shape index (κ1) is 12.1. The van der Waals surface area contributed by atoms with Crippen LogP contribution in [0.25, 0.3) is 16.8 Å². The number of aromatic nitrogens is 4. The first-order valence-electron chi connectivity index (χ1n) is 5.15. The van der Waals surface area contributed by atoms with Gasteiger partial charge in [0.15, 0.2) is 0 Å². The van der Waals surface area contributed by atoms with Gasteiger partial charge in [0.2, 0.25) is 0 Å². The molecule has 3 heterocycles. The summed E-state index contributed by atoms with van der Waals surface area (Å²) in [7, 11) is 1.88. The Balaban J connectivity index is 0.00000120. The van der Waals surface area contributed by atoms with Crippen LogP contribution in [0.2, 0.25) is 0 Å². The lowest BCUT2D eigenvalue weighted by Gasteiger charge is -1.98. The molecular weight excluding hydrogens is 250 g/mol. The Labute approximate surface area is 110 Å². The van der Waals surface area contributed by atoms with E-state index in [1.165, 1.54) is 0 Å². The van der Waals surface area contributed by atoms with Crippen molar-refractivity contribution >= 4 is 17.9 Å². The minimum atomic E-state index is 0. The summed E-state index contributed by atoms with van der Waals surface area (Å²) in [6, 6.07) is 7.88. The van der Waals surface area contributed by atoms with Crippen LogP contribution in [-0.2, 0) is 7.05 Å². The highest BCUT2D eigenvalue weighted by Crippen LogP contribution is 2.19. The second-order valence-corrected chi connectivity index (χ2v) is 3.79. The van der Waals surface area contributed by atoms with E-state index in [1.54, 1.807) is 15.4 Å². The van der Waals surface area contributed by atoms with Crippen molar-refractivity contribution in [3.05, 3.63) is 42.4 Å². The third-order valence-corrected chi connectivity index (χ3v) is 2.65. The Bertz CT molecular complexity index is 734. The summed E-state index contributed by atoms with van der Waals surface area (Å²) < 4.78 is 3.45. The molecule has 0 N–H and O–H groups in total. The first-order valence-corrected chi connectivity index (χ1v) is 5.15.